The summed E-state index contributed by atoms with van der Waals surface area (Å²) in [6, 6.07) is 13.3. The number of aromatic nitrogens is 1. The average Bonchev–Trinajstić information content (AvgIpc) is 3.60. The second-order valence-electron chi connectivity index (χ2n) is 7.70. The second-order valence-corrected chi connectivity index (χ2v) is 8.08. The summed E-state index contributed by atoms with van der Waals surface area (Å²) < 4.78 is 15.7. The van der Waals surface area contributed by atoms with Crippen molar-refractivity contribution in [2.24, 2.45) is 5.92 Å². The molecule has 0 bridgehead atoms. The van der Waals surface area contributed by atoms with E-state index in [0.29, 0.717) is 12.5 Å². The van der Waals surface area contributed by atoms with Crippen molar-refractivity contribution in [3.05, 3.63) is 87.0 Å². The first kappa shape index (κ1) is 22.1. The van der Waals surface area contributed by atoms with Crippen molar-refractivity contribution < 1.29 is 14.0 Å². The standard InChI is InChI=1S/C23H20BClFN3O3/c24-16-8-9-19(18(26)10-16)27-21-17(22(30)28-32-13-15-6-7-15)12-29(23(31)20(21)25)11-14-4-2-1-3-5-14/h1-5,8-10,12,15,27H,6-7,11,13H2,(H,28,30). The van der Waals surface area contributed by atoms with Gasteiger partial charge in [-0.05, 0) is 36.5 Å². The van der Waals surface area contributed by atoms with Crippen molar-refractivity contribution in [3.63, 3.8) is 0 Å². The van der Waals surface area contributed by atoms with Crippen LogP contribution in [0.5, 0.6) is 0 Å². The number of rotatable bonds is 8. The molecule has 1 saturated carbocycles. The van der Waals surface area contributed by atoms with Gasteiger partial charge in [-0.25, -0.2) is 9.87 Å². The van der Waals surface area contributed by atoms with Gasteiger partial charge in [-0.3, -0.25) is 14.4 Å². The minimum absolute atomic E-state index is 0.0165. The molecule has 0 unspecified atom stereocenters. The Hall–Kier alpha value is -3.10. The lowest BCUT2D eigenvalue weighted by Crippen LogP contribution is -2.30. The Morgan fingerprint density at radius 2 is 1.97 bits per heavy atom. The van der Waals surface area contributed by atoms with Crippen molar-refractivity contribution in [3.8, 4) is 0 Å². The van der Waals surface area contributed by atoms with Crippen LogP contribution < -0.4 is 21.8 Å². The van der Waals surface area contributed by atoms with Crippen LogP contribution in [0.25, 0.3) is 0 Å². The number of halogens is 2. The van der Waals surface area contributed by atoms with Crippen LogP contribution in [0.4, 0.5) is 15.8 Å². The predicted molar refractivity (Wildman–Crippen MR) is 122 cm³/mol. The number of anilines is 2. The summed E-state index contributed by atoms with van der Waals surface area (Å²) >= 11 is 6.38. The van der Waals surface area contributed by atoms with E-state index in [-0.39, 0.29) is 34.0 Å². The highest BCUT2D eigenvalue weighted by Crippen LogP contribution is 2.30. The molecule has 1 aromatic heterocycles. The Balaban J connectivity index is 1.70. The molecule has 1 heterocycles. The van der Waals surface area contributed by atoms with Gasteiger partial charge in [0, 0.05) is 6.20 Å². The molecule has 4 rings (SSSR count). The van der Waals surface area contributed by atoms with Gasteiger partial charge in [0.1, 0.15) is 18.7 Å². The van der Waals surface area contributed by atoms with Gasteiger partial charge in [0.2, 0.25) is 0 Å². The molecule has 162 valence electrons. The van der Waals surface area contributed by atoms with Crippen molar-refractivity contribution >= 4 is 42.2 Å². The van der Waals surface area contributed by atoms with Crippen molar-refractivity contribution in [1.82, 2.24) is 10.0 Å². The summed E-state index contributed by atoms with van der Waals surface area (Å²) in [6.45, 7) is 0.609. The Morgan fingerprint density at radius 1 is 1.22 bits per heavy atom. The zero-order valence-electron chi connectivity index (χ0n) is 17.1. The van der Waals surface area contributed by atoms with Gasteiger partial charge in [0.05, 0.1) is 30.1 Å². The molecular formula is C23H20BClFN3O3. The zero-order chi connectivity index (χ0) is 22.7. The highest BCUT2D eigenvalue weighted by Gasteiger charge is 2.24. The average molecular weight is 452 g/mol. The summed E-state index contributed by atoms with van der Waals surface area (Å²) in [5.41, 5.74) is 3.01. The normalized spacial score (nSPS) is 13.1. The number of hydrogen-bond acceptors (Lipinski definition) is 4. The second kappa shape index (κ2) is 9.59. The van der Waals surface area contributed by atoms with Crippen LogP contribution in [0.1, 0.15) is 28.8 Å². The Bertz CT molecular complexity index is 1200. The molecule has 1 aliphatic carbocycles. The van der Waals surface area contributed by atoms with E-state index in [0.717, 1.165) is 24.5 Å². The van der Waals surface area contributed by atoms with E-state index < -0.39 is 17.3 Å². The van der Waals surface area contributed by atoms with Gasteiger partial charge < -0.3 is 9.88 Å². The number of nitrogens with one attached hydrogen (secondary N) is 2. The molecule has 1 aliphatic rings. The van der Waals surface area contributed by atoms with Crippen LogP contribution in [-0.4, -0.2) is 24.9 Å². The smallest absolute Gasteiger partial charge is 0.278 e. The monoisotopic (exact) mass is 451 g/mol. The SMILES string of the molecule is [B]c1ccc(Nc2c(C(=O)NOCC3CC3)cn(Cc3ccccc3)c(=O)c2Cl)c(F)c1. The Morgan fingerprint density at radius 3 is 2.66 bits per heavy atom. The summed E-state index contributed by atoms with van der Waals surface area (Å²) in [7, 11) is 5.60. The lowest BCUT2D eigenvalue weighted by molar-refractivity contribution is 0.0270. The Labute approximate surface area is 190 Å². The third kappa shape index (κ3) is 5.20. The number of amides is 1. The zero-order valence-corrected chi connectivity index (χ0v) is 17.9. The molecule has 0 spiro atoms. The fourth-order valence-corrected chi connectivity index (χ4v) is 3.41. The number of hydrogen-bond donors (Lipinski definition) is 2. The van der Waals surface area contributed by atoms with Gasteiger partial charge in [-0.2, -0.15) is 0 Å². The van der Waals surface area contributed by atoms with Crippen molar-refractivity contribution in [1.29, 1.82) is 0 Å². The first-order chi connectivity index (χ1) is 15.4. The van der Waals surface area contributed by atoms with Crippen LogP contribution >= 0.6 is 11.6 Å². The molecule has 1 fully saturated rings. The first-order valence-electron chi connectivity index (χ1n) is 10.1. The molecule has 0 aliphatic heterocycles. The highest BCUT2D eigenvalue weighted by molar-refractivity contribution is 6.34. The first-order valence-corrected chi connectivity index (χ1v) is 10.5. The van der Waals surface area contributed by atoms with E-state index in [4.69, 9.17) is 24.3 Å². The number of nitrogens with zero attached hydrogens (tertiary/aromatic N) is 1. The molecule has 6 nitrogen and oxygen atoms in total. The number of carbonyl (C=O) groups is 1. The van der Waals surface area contributed by atoms with E-state index in [9.17, 15) is 14.0 Å². The highest BCUT2D eigenvalue weighted by atomic mass is 35.5. The topological polar surface area (TPSA) is 72.4 Å². The maximum absolute atomic E-state index is 14.4. The molecule has 0 atom stereocenters. The van der Waals surface area contributed by atoms with Crippen LogP contribution in [0.3, 0.4) is 0 Å². The van der Waals surface area contributed by atoms with Crippen molar-refractivity contribution in [2.75, 3.05) is 11.9 Å². The molecule has 2 aromatic carbocycles. The summed E-state index contributed by atoms with van der Waals surface area (Å²) in [4.78, 5) is 31.1. The Kier molecular flexibility index (Phi) is 6.62. The third-order valence-electron chi connectivity index (χ3n) is 5.10. The lowest BCUT2D eigenvalue weighted by atomic mass is 9.96. The third-order valence-corrected chi connectivity index (χ3v) is 5.45. The van der Waals surface area contributed by atoms with Gasteiger partial charge in [-0.15, -0.1) is 0 Å². The molecule has 2 N–H and O–H groups in total. The van der Waals surface area contributed by atoms with Crippen LogP contribution in [0, 0.1) is 11.7 Å². The van der Waals surface area contributed by atoms with Gasteiger partial charge in [0.15, 0.2) is 0 Å². The van der Waals surface area contributed by atoms with E-state index in [1.807, 2.05) is 30.3 Å². The molecule has 32 heavy (non-hydrogen) atoms. The quantitative estimate of drug-likeness (QED) is 0.407. The maximum atomic E-state index is 14.4. The minimum atomic E-state index is -0.647. The molecule has 2 radical (unpaired) electrons. The van der Waals surface area contributed by atoms with Gasteiger partial charge >= 0.3 is 0 Å². The van der Waals surface area contributed by atoms with Crippen LogP contribution in [-0.2, 0) is 11.4 Å². The number of benzene rings is 2. The largest absolute Gasteiger partial charge is 0.351 e. The van der Waals surface area contributed by atoms with E-state index in [1.54, 1.807) is 0 Å². The molecule has 3 aromatic rings. The fourth-order valence-electron chi connectivity index (χ4n) is 3.15. The number of pyridine rings is 1. The van der Waals surface area contributed by atoms with E-state index in [1.165, 1.54) is 22.9 Å². The van der Waals surface area contributed by atoms with Crippen molar-refractivity contribution in [2.45, 2.75) is 19.4 Å². The summed E-state index contributed by atoms with van der Waals surface area (Å²) in [5.74, 6) is -0.814. The molecule has 1 amide bonds. The number of hydroxylamine groups is 1. The maximum Gasteiger partial charge on any atom is 0.278 e. The van der Waals surface area contributed by atoms with Crippen LogP contribution in [0.15, 0.2) is 59.5 Å². The van der Waals surface area contributed by atoms with Gasteiger partial charge in [-0.1, -0.05) is 53.5 Å². The lowest BCUT2D eigenvalue weighted by Gasteiger charge is -2.17. The number of carbonyl (C=O) groups excluding carboxylic acids is 1. The fraction of sp³-hybridized carbons (Fsp3) is 0.217. The molecular weight excluding hydrogens is 432 g/mol. The predicted octanol–water partition coefficient (Wildman–Crippen LogP) is 3.30. The molecule has 9 heteroatoms. The van der Waals surface area contributed by atoms with E-state index in [2.05, 4.69) is 10.8 Å². The molecule has 0 saturated heterocycles. The summed E-state index contributed by atoms with van der Waals surface area (Å²) in [6.07, 6.45) is 3.51. The van der Waals surface area contributed by atoms with Crippen LogP contribution in [0.2, 0.25) is 5.02 Å². The minimum Gasteiger partial charge on any atom is -0.351 e. The summed E-state index contributed by atoms with van der Waals surface area (Å²) in [5, 5.41) is 2.52. The van der Waals surface area contributed by atoms with Gasteiger partial charge in [0.25, 0.3) is 11.5 Å². The van der Waals surface area contributed by atoms with E-state index >= 15 is 0 Å².